The second-order valence-electron chi connectivity index (χ2n) is 2.10. The number of nitrogens with two attached hydrogens (primary N) is 1. The lowest BCUT2D eigenvalue weighted by atomic mass is 10.5. The van der Waals surface area contributed by atoms with Crippen LogP contribution >= 0.6 is 56.9 Å². The predicted molar refractivity (Wildman–Crippen MR) is 67.5 cm³/mol. The van der Waals surface area contributed by atoms with Gasteiger partial charge in [0, 0.05) is 11.1 Å². The maximum atomic E-state index is 5.64. The summed E-state index contributed by atoms with van der Waals surface area (Å²) < 4.78 is 2.00. The number of nitrogens with one attached hydrogen (secondary N) is 1. The zero-order chi connectivity index (χ0) is 8.43. The summed E-state index contributed by atoms with van der Waals surface area (Å²) in [6.07, 6.45) is 2.02. The van der Waals surface area contributed by atoms with Crippen molar-refractivity contribution >= 4 is 56.9 Å². The van der Waals surface area contributed by atoms with Crippen molar-refractivity contribution in [3.8, 4) is 0 Å². The molecular weight excluding hydrogens is 386 g/mol. The number of hydrogen-bond donors (Lipinski definition) is 2. The lowest BCUT2D eigenvalue weighted by Gasteiger charge is -2.02. The van der Waals surface area contributed by atoms with Crippen LogP contribution in [0.3, 0.4) is 0 Å². The Morgan fingerprint density at radius 3 is 2.73 bits per heavy atom. The highest BCUT2D eigenvalue weighted by molar-refractivity contribution is 14.1. The van der Waals surface area contributed by atoms with Gasteiger partial charge in [-0.25, -0.2) is 0 Å². The molecule has 0 amide bonds. The van der Waals surface area contributed by atoms with E-state index in [1.807, 2.05) is 6.20 Å². The van der Waals surface area contributed by atoms with Gasteiger partial charge in [0.1, 0.15) is 0 Å². The second-order valence-corrected chi connectivity index (χ2v) is 5.72. The highest BCUT2D eigenvalue weighted by Crippen LogP contribution is 2.36. The van der Waals surface area contributed by atoms with Crippen molar-refractivity contribution in [2.45, 2.75) is 12.3 Å². The van der Waals surface area contributed by atoms with E-state index in [1.54, 1.807) is 11.8 Å². The van der Waals surface area contributed by atoms with Crippen LogP contribution in [0, 0.1) is 0 Å². The molecule has 0 aromatic carbocycles. The van der Waals surface area contributed by atoms with Crippen LogP contribution in [-0.4, -0.2) is 5.37 Å². The topological polar surface area (TPSA) is 38.0 Å². The highest BCUT2D eigenvalue weighted by Gasteiger charge is 2.15. The average Bonchev–Trinajstić information content (AvgIpc) is 2.34. The number of rotatable bonds is 1. The maximum absolute atomic E-state index is 5.64. The van der Waals surface area contributed by atoms with Gasteiger partial charge in [-0.15, -0.1) is 0 Å². The second kappa shape index (κ2) is 4.22. The van der Waals surface area contributed by atoms with Gasteiger partial charge in [-0.3, -0.25) is 0 Å². The molecule has 0 bridgehead atoms. The first-order valence-electron chi connectivity index (χ1n) is 3.05. The molecule has 1 atom stereocenters. The fraction of sp³-hybridized carbons (Fsp3) is 0.333. The average molecular weight is 394 g/mol. The van der Waals surface area contributed by atoms with Crippen LogP contribution < -0.4 is 11.1 Å². The Hall–Kier alpha value is 0.890. The Balaban J connectivity index is 2.71. The largest absolute Gasteiger partial charge is 0.393 e. The summed E-state index contributed by atoms with van der Waals surface area (Å²) in [4.78, 5) is 1.24. The third-order valence-corrected chi connectivity index (χ3v) is 5.34. The number of halogens is 2. The first kappa shape index (κ1) is 9.97. The zero-order valence-corrected chi connectivity index (χ0v) is 11.0. The van der Waals surface area contributed by atoms with Gasteiger partial charge in [-0.1, -0.05) is 11.8 Å². The summed E-state index contributed by atoms with van der Waals surface area (Å²) in [6.45, 7) is 2.13. The molecule has 0 saturated carbocycles. The van der Waals surface area contributed by atoms with E-state index in [4.69, 9.17) is 5.73 Å². The zero-order valence-electron chi connectivity index (χ0n) is 5.90. The summed E-state index contributed by atoms with van der Waals surface area (Å²) in [7, 11) is 0. The molecule has 1 rings (SSSR count). The van der Waals surface area contributed by atoms with Crippen LogP contribution in [0.25, 0.3) is 0 Å². The van der Waals surface area contributed by atoms with E-state index in [2.05, 4.69) is 57.4 Å². The molecule has 0 aliphatic carbocycles. The fourth-order valence-corrected chi connectivity index (χ4v) is 2.56. The third-order valence-electron chi connectivity index (χ3n) is 1.18. The molecule has 1 heterocycles. The third kappa shape index (κ3) is 2.69. The molecule has 2 nitrogen and oxygen atoms in total. The van der Waals surface area contributed by atoms with E-state index in [0.29, 0.717) is 5.37 Å². The molecule has 0 saturated heterocycles. The van der Waals surface area contributed by atoms with E-state index in [-0.39, 0.29) is 0 Å². The molecule has 11 heavy (non-hydrogen) atoms. The smallest absolute Gasteiger partial charge is 0.0853 e. The molecule has 0 aromatic heterocycles. The molecule has 0 aromatic rings. The predicted octanol–water partition coefficient (Wildman–Crippen LogP) is 2.51. The highest BCUT2D eigenvalue weighted by atomic mass is 127. The monoisotopic (exact) mass is 394 g/mol. The fourth-order valence-electron chi connectivity index (χ4n) is 0.684. The summed E-state index contributed by atoms with van der Waals surface area (Å²) in [5, 5.41) is 3.69. The van der Waals surface area contributed by atoms with Crippen molar-refractivity contribution in [2.24, 2.45) is 5.73 Å². The number of thioether (sulfide) groups is 1. The van der Waals surface area contributed by atoms with Gasteiger partial charge in [0.2, 0.25) is 0 Å². The molecule has 1 unspecified atom stereocenters. The van der Waals surface area contributed by atoms with Gasteiger partial charge in [-0.05, 0) is 52.1 Å². The van der Waals surface area contributed by atoms with Gasteiger partial charge in [0.05, 0.1) is 12.7 Å². The number of hydrogen-bond acceptors (Lipinski definition) is 3. The first-order chi connectivity index (χ1) is 5.11. The molecule has 0 spiro atoms. The summed E-state index contributed by atoms with van der Waals surface area (Å²) in [6, 6.07) is 0. The Kier molecular flexibility index (Phi) is 3.83. The van der Waals surface area contributed by atoms with Gasteiger partial charge < -0.3 is 11.1 Å². The molecule has 0 radical (unpaired) electrons. The van der Waals surface area contributed by atoms with Gasteiger partial charge in [0.15, 0.2) is 0 Å². The Bertz CT molecular complexity index is 221. The summed E-state index contributed by atoms with van der Waals surface area (Å²) in [5.74, 6) is 0. The standard InChI is InChI=1S/C6H8I2N2S/c1-3-10-2-4(11-3)5(7)6(8)9/h2-3,10H,9H2,1H3/b6-5+. The van der Waals surface area contributed by atoms with E-state index >= 15 is 0 Å². The Labute approximate surface area is 97.7 Å². The van der Waals surface area contributed by atoms with Crippen molar-refractivity contribution in [3.05, 3.63) is 18.4 Å². The number of allylic oxidation sites excluding steroid dienone is 1. The molecule has 3 N–H and O–H groups in total. The van der Waals surface area contributed by atoms with Crippen molar-refractivity contribution < 1.29 is 0 Å². The Morgan fingerprint density at radius 2 is 2.36 bits per heavy atom. The molecule has 62 valence electrons. The van der Waals surface area contributed by atoms with Crippen LogP contribution in [0.2, 0.25) is 0 Å². The molecule has 0 fully saturated rings. The summed E-state index contributed by atoms with van der Waals surface area (Å²) >= 11 is 6.20. The molecule has 1 aliphatic rings. The van der Waals surface area contributed by atoms with Gasteiger partial charge in [0.25, 0.3) is 0 Å². The molecular formula is C6H8I2N2S. The maximum Gasteiger partial charge on any atom is 0.0853 e. The normalized spacial score (nSPS) is 25.7. The molecule has 1 aliphatic heterocycles. The molecule has 5 heteroatoms. The van der Waals surface area contributed by atoms with Crippen LogP contribution in [0.1, 0.15) is 6.92 Å². The lowest BCUT2D eigenvalue weighted by Crippen LogP contribution is -2.09. The van der Waals surface area contributed by atoms with E-state index in [0.717, 1.165) is 7.28 Å². The minimum Gasteiger partial charge on any atom is -0.393 e. The van der Waals surface area contributed by atoms with Crippen LogP contribution in [-0.2, 0) is 0 Å². The minimum absolute atomic E-state index is 0.477. The van der Waals surface area contributed by atoms with Crippen LogP contribution in [0.4, 0.5) is 0 Å². The Morgan fingerprint density at radius 1 is 1.73 bits per heavy atom. The van der Waals surface area contributed by atoms with Crippen molar-refractivity contribution in [1.29, 1.82) is 0 Å². The quantitative estimate of drug-likeness (QED) is 0.531. The SMILES string of the molecule is CC1NC=C(/C(I)=C(\N)I)S1. The van der Waals surface area contributed by atoms with Crippen molar-refractivity contribution in [1.82, 2.24) is 5.32 Å². The van der Waals surface area contributed by atoms with Crippen LogP contribution in [0.5, 0.6) is 0 Å². The van der Waals surface area contributed by atoms with Gasteiger partial charge >= 0.3 is 0 Å². The van der Waals surface area contributed by atoms with E-state index in [9.17, 15) is 0 Å². The first-order valence-corrected chi connectivity index (χ1v) is 6.09. The van der Waals surface area contributed by atoms with Crippen molar-refractivity contribution in [2.75, 3.05) is 0 Å². The van der Waals surface area contributed by atoms with E-state index < -0.39 is 0 Å². The lowest BCUT2D eigenvalue weighted by molar-refractivity contribution is 0.873. The minimum atomic E-state index is 0.477. The van der Waals surface area contributed by atoms with E-state index in [1.165, 1.54) is 4.91 Å². The summed E-state index contributed by atoms with van der Waals surface area (Å²) in [5.41, 5.74) is 5.64. The van der Waals surface area contributed by atoms with Crippen LogP contribution in [0.15, 0.2) is 18.4 Å². The van der Waals surface area contributed by atoms with Crippen molar-refractivity contribution in [3.63, 3.8) is 0 Å². The van der Waals surface area contributed by atoms with Gasteiger partial charge in [-0.2, -0.15) is 0 Å².